The Hall–Kier alpha value is -0.710. The highest BCUT2D eigenvalue weighted by Crippen LogP contribution is 2.31. The van der Waals surface area contributed by atoms with Crippen LogP contribution in [-0.2, 0) is 0 Å². The van der Waals surface area contributed by atoms with Crippen molar-refractivity contribution < 1.29 is 17.6 Å². The van der Waals surface area contributed by atoms with Crippen molar-refractivity contribution in [2.24, 2.45) is 0 Å². The molecule has 0 fully saturated rings. The Morgan fingerprint density at radius 1 is 1.00 bits per heavy atom. The van der Waals surface area contributed by atoms with Crippen molar-refractivity contribution in [3.63, 3.8) is 0 Å². The largest absolute Gasteiger partial charge is 0.204 e. The zero-order chi connectivity index (χ0) is 10.9. The molecule has 78 valence electrons. The van der Waals surface area contributed by atoms with Gasteiger partial charge in [-0.2, -0.15) is 0 Å². The highest BCUT2D eigenvalue weighted by Gasteiger charge is 2.20. The lowest BCUT2D eigenvalue weighted by atomic mass is 10.3. The normalized spacial score (nSPS) is 11.1. The molecule has 0 saturated carbocycles. The van der Waals surface area contributed by atoms with Gasteiger partial charge in [0, 0.05) is 11.3 Å². The zero-order valence-corrected chi connectivity index (χ0v) is 8.39. The summed E-state index contributed by atoms with van der Waals surface area (Å²) < 4.78 is 51.4. The van der Waals surface area contributed by atoms with Gasteiger partial charge in [0.25, 0.3) is 0 Å². The van der Waals surface area contributed by atoms with Gasteiger partial charge in [-0.3, -0.25) is 0 Å². The number of hydrogen-bond acceptors (Lipinski definition) is 1. The van der Waals surface area contributed by atoms with Crippen LogP contribution in [0.2, 0.25) is 0 Å². The van der Waals surface area contributed by atoms with Gasteiger partial charge in [-0.15, -0.1) is 11.8 Å². The first kappa shape index (κ1) is 11.4. The summed E-state index contributed by atoms with van der Waals surface area (Å²) in [5.74, 6) is -5.40. The van der Waals surface area contributed by atoms with Crippen LogP contribution >= 0.6 is 11.8 Å². The van der Waals surface area contributed by atoms with Gasteiger partial charge in [0.05, 0.1) is 4.90 Å². The Balaban J connectivity index is 3.25. The van der Waals surface area contributed by atoms with E-state index in [1.165, 1.54) is 0 Å². The number of hydrogen-bond donors (Lipinski definition) is 0. The molecular formula is C9H8F4S. The molecule has 1 rings (SSSR count). The molecule has 0 bridgehead atoms. The van der Waals surface area contributed by atoms with Crippen LogP contribution < -0.4 is 0 Å². The van der Waals surface area contributed by atoms with Crippen LogP contribution in [0.15, 0.2) is 11.0 Å². The average Bonchev–Trinajstić information content (AvgIpc) is 2.09. The fourth-order valence-electron chi connectivity index (χ4n) is 0.890. The maximum atomic E-state index is 13.0. The summed E-state index contributed by atoms with van der Waals surface area (Å²) in [6, 6.07) is 0.203. The molecule has 14 heavy (non-hydrogen) atoms. The minimum Gasteiger partial charge on any atom is -0.204 e. The van der Waals surface area contributed by atoms with E-state index in [9.17, 15) is 17.6 Å². The van der Waals surface area contributed by atoms with Crippen LogP contribution in [0.3, 0.4) is 0 Å². The molecule has 0 aliphatic rings. The van der Waals surface area contributed by atoms with Crippen LogP contribution in [0.5, 0.6) is 0 Å². The zero-order valence-electron chi connectivity index (χ0n) is 7.57. The van der Waals surface area contributed by atoms with Crippen LogP contribution in [0, 0.1) is 23.3 Å². The molecule has 1 aromatic carbocycles. The summed E-state index contributed by atoms with van der Waals surface area (Å²) in [6.45, 7) is 3.35. The lowest BCUT2D eigenvalue weighted by Crippen LogP contribution is -1.99. The van der Waals surface area contributed by atoms with E-state index in [1.54, 1.807) is 13.8 Å². The molecule has 0 aliphatic carbocycles. The van der Waals surface area contributed by atoms with E-state index < -0.39 is 28.2 Å². The molecule has 0 amide bonds. The maximum Gasteiger partial charge on any atom is 0.175 e. The average molecular weight is 224 g/mol. The summed E-state index contributed by atoms with van der Waals surface area (Å²) in [7, 11) is 0. The van der Waals surface area contributed by atoms with E-state index >= 15 is 0 Å². The maximum absolute atomic E-state index is 13.0. The summed E-state index contributed by atoms with van der Waals surface area (Å²) in [6.07, 6.45) is 0. The second-order valence-corrected chi connectivity index (χ2v) is 4.55. The van der Waals surface area contributed by atoms with E-state index in [0.29, 0.717) is 0 Å². The lowest BCUT2D eigenvalue weighted by molar-refractivity contribution is 0.426. The van der Waals surface area contributed by atoms with Gasteiger partial charge in [0.2, 0.25) is 0 Å². The molecule has 0 aliphatic heterocycles. The highest BCUT2D eigenvalue weighted by molar-refractivity contribution is 7.99. The lowest BCUT2D eigenvalue weighted by Gasteiger charge is -2.08. The first-order valence-electron chi connectivity index (χ1n) is 3.93. The van der Waals surface area contributed by atoms with Crippen molar-refractivity contribution in [2.75, 3.05) is 0 Å². The Bertz CT molecular complexity index is 323. The number of thioether (sulfide) groups is 1. The van der Waals surface area contributed by atoms with Gasteiger partial charge in [-0.1, -0.05) is 13.8 Å². The number of halogens is 4. The quantitative estimate of drug-likeness (QED) is 0.419. The van der Waals surface area contributed by atoms with Crippen LogP contribution in [0.25, 0.3) is 0 Å². The Labute approximate surface area is 83.3 Å². The smallest absolute Gasteiger partial charge is 0.175 e. The molecule has 0 atom stereocenters. The predicted octanol–water partition coefficient (Wildman–Crippen LogP) is 3.74. The summed E-state index contributed by atoms with van der Waals surface area (Å²) in [5.41, 5.74) is 0. The molecule has 0 unspecified atom stereocenters. The SMILES string of the molecule is CC(C)Sc1c(F)c(F)cc(F)c1F. The third kappa shape index (κ3) is 2.20. The molecule has 1 aromatic rings. The topological polar surface area (TPSA) is 0 Å². The van der Waals surface area contributed by atoms with Crippen molar-refractivity contribution in [3.05, 3.63) is 29.3 Å². The Morgan fingerprint density at radius 3 is 1.79 bits per heavy atom. The second kappa shape index (κ2) is 4.21. The predicted molar refractivity (Wildman–Crippen MR) is 47.3 cm³/mol. The van der Waals surface area contributed by atoms with Gasteiger partial charge in [0.15, 0.2) is 23.3 Å². The van der Waals surface area contributed by atoms with Crippen molar-refractivity contribution in [2.45, 2.75) is 24.0 Å². The van der Waals surface area contributed by atoms with Crippen LogP contribution in [0.1, 0.15) is 13.8 Å². The monoisotopic (exact) mass is 224 g/mol. The molecule has 0 heterocycles. The third-order valence-corrected chi connectivity index (χ3v) is 2.49. The van der Waals surface area contributed by atoms with Crippen molar-refractivity contribution in [1.82, 2.24) is 0 Å². The summed E-state index contributed by atoms with van der Waals surface area (Å²) >= 11 is 0.750. The molecule has 0 aromatic heterocycles. The number of benzene rings is 1. The fraction of sp³-hybridized carbons (Fsp3) is 0.333. The molecule has 5 heteroatoms. The summed E-state index contributed by atoms with van der Waals surface area (Å²) in [4.78, 5) is -0.600. The van der Waals surface area contributed by atoms with Crippen molar-refractivity contribution in [1.29, 1.82) is 0 Å². The van der Waals surface area contributed by atoms with E-state index in [4.69, 9.17) is 0 Å². The highest BCUT2D eigenvalue weighted by atomic mass is 32.2. The fourth-order valence-corrected chi connectivity index (χ4v) is 1.76. The summed E-state index contributed by atoms with van der Waals surface area (Å²) in [5, 5.41) is -0.153. The molecule has 0 saturated heterocycles. The first-order valence-corrected chi connectivity index (χ1v) is 4.81. The standard InChI is InChI=1S/C9H8F4S/c1-4(2)14-9-7(12)5(10)3-6(11)8(9)13/h3-4H,1-2H3. The van der Waals surface area contributed by atoms with Gasteiger partial charge in [-0.25, -0.2) is 17.6 Å². The molecule has 0 spiro atoms. The number of rotatable bonds is 2. The van der Waals surface area contributed by atoms with E-state index in [1.807, 2.05) is 0 Å². The minimum absolute atomic E-state index is 0.153. The van der Waals surface area contributed by atoms with Gasteiger partial charge >= 0.3 is 0 Å². The van der Waals surface area contributed by atoms with Crippen LogP contribution in [-0.4, -0.2) is 5.25 Å². The molecular weight excluding hydrogens is 216 g/mol. The van der Waals surface area contributed by atoms with E-state index in [-0.39, 0.29) is 11.3 Å². The van der Waals surface area contributed by atoms with Gasteiger partial charge in [-0.05, 0) is 0 Å². The van der Waals surface area contributed by atoms with Crippen LogP contribution in [0.4, 0.5) is 17.6 Å². The minimum atomic E-state index is -1.37. The molecule has 0 nitrogen and oxygen atoms in total. The van der Waals surface area contributed by atoms with Crippen molar-refractivity contribution in [3.8, 4) is 0 Å². The first-order chi connectivity index (χ1) is 6.43. The molecule has 0 N–H and O–H groups in total. The van der Waals surface area contributed by atoms with E-state index in [0.717, 1.165) is 11.8 Å². The Kier molecular flexibility index (Phi) is 3.42. The van der Waals surface area contributed by atoms with Gasteiger partial charge < -0.3 is 0 Å². The Morgan fingerprint density at radius 2 is 1.43 bits per heavy atom. The van der Waals surface area contributed by atoms with Crippen molar-refractivity contribution >= 4 is 11.8 Å². The third-order valence-electron chi connectivity index (χ3n) is 1.43. The second-order valence-electron chi connectivity index (χ2n) is 2.96. The molecule has 0 radical (unpaired) electrons. The van der Waals surface area contributed by atoms with E-state index in [2.05, 4.69) is 0 Å². The van der Waals surface area contributed by atoms with Gasteiger partial charge in [0.1, 0.15) is 0 Å².